The van der Waals surface area contributed by atoms with Crippen LogP contribution >= 0.6 is 0 Å². The molecule has 1 aliphatic heterocycles. The molecule has 0 bridgehead atoms. The van der Waals surface area contributed by atoms with Gasteiger partial charge in [0.2, 0.25) is 0 Å². The number of hydrogen-bond donors (Lipinski definition) is 0. The van der Waals surface area contributed by atoms with E-state index in [2.05, 4.69) is 9.72 Å². The van der Waals surface area contributed by atoms with E-state index in [0.29, 0.717) is 0 Å². The lowest BCUT2D eigenvalue weighted by atomic mass is 9.74. The first kappa shape index (κ1) is 17.7. The molecule has 0 radical (unpaired) electrons. The van der Waals surface area contributed by atoms with Crippen LogP contribution in [0.5, 0.6) is 0 Å². The van der Waals surface area contributed by atoms with Crippen molar-refractivity contribution in [3.8, 4) is 0 Å². The molecule has 0 aromatic carbocycles. The van der Waals surface area contributed by atoms with Crippen LogP contribution in [0.25, 0.3) is 0 Å². The topological polar surface area (TPSA) is 57.7 Å². The van der Waals surface area contributed by atoms with Crippen molar-refractivity contribution in [3.05, 3.63) is 23.5 Å². The molecule has 0 atom stereocenters. The summed E-state index contributed by atoms with van der Waals surface area (Å²) in [5, 5.41) is 0. The Bertz CT molecular complexity index is 615. The maximum Gasteiger partial charge on any atom is 0.497 e. The summed E-state index contributed by atoms with van der Waals surface area (Å²) >= 11 is 0. The quantitative estimate of drug-likeness (QED) is 0.614. The Balaban J connectivity index is 2.63. The maximum absolute atomic E-state index is 13.3. The molecule has 5 nitrogen and oxygen atoms in total. The summed E-state index contributed by atoms with van der Waals surface area (Å²) in [7, 11) is -0.308. The number of carbonyl (C=O) groups excluding carboxylic acids is 1. The zero-order valence-corrected chi connectivity index (χ0v) is 13.4. The molecule has 0 unspecified atom stereocenters. The van der Waals surface area contributed by atoms with Gasteiger partial charge in [0.1, 0.15) is 5.69 Å². The first-order chi connectivity index (χ1) is 10.4. The Labute approximate surface area is 132 Å². The summed E-state index contributed by atoms with van der Waals surface area (Å²) in [6.07, 6.45) is -3.78. The third-order valence-electron chi connectivity index (χ3n) is 4.16. The molecule has 1 aromatic heterocycles. The van der Waals surface area contributed by atoms with Crippen LogP contribution in [-0.4, -0.2) is 36.4 Å². The molecule has 0 N–H and O–H groups in total. The Kier molecular flexibility index (Phi) is 4.23. The van der Waals surface area contributed by atoms with Gasteiger partial charge in [0.05, 0.1) is 23.9 Å². The maximum atomic E-state index is 13.3. The number of nitrogens with zero attached hydrogens (tertiary/aromatic N) is 1. The second-order valence-corrected chi connectivity index (χ2v) is 6.20. The van der Waals surface area contributed by atoms with E-state index in [-0.39, 0.29) is 0 Å². The van der Waals surface area contributed by atoms with Gasteiger partial charge in [-0.15, -0.1) is 0 Å². The molecule has 0 amide bonds. The van der Waals surface area contributed by atoms with Crippen molar-refractivity contribution in [2.75, 3.05) is 7.11 Å². The average molecular weight is 331 g/mol. The van der Waals surface area contributed by atoms with Crippen LogP contribution in [-0.2, 0) is 20.2 Å². The number of pyridine rings is 1. The number of halogens is 3. The molecule has 1 aromatic rings. The van der Waals surface area contributed by atoms with E-state index in [9.17, 15) is 18.0 Å². The summed E-state index contributed by atoms with van der Waals surface area (Å²) in [6, 6.07) is 0.785. The number of hydrogen-bond acceptors (Lipinski definition) is 5. The minimum atomic E-state index is -4.69. The van der Waals surface area contributed by atoms with Crippen LogP contribution in [0, 0.1) is 0 Å². The number of alkyl halides is 3. The van der Waals surface area contributed by atoms with Crippen molar-refractivity contribution in [1.82, 2.24) is 4.98 Å². The smallest absolute Gasteiger partial charge is 0.464 e. The highest BCUT2D eigenvalue weighted by atomic mass is 19.4. The van der Waals surface area contributed by atoms with Crippen LogP contribution in [0.3, 0.4) is 0 Å². The fourth-order valence-corrected chi connectivity index (χ4v) is 2.18. The number of esters is 1. The predicted molar refractivity (Wildman–Crippen MR) is 76.3 cm³/mol. The summed E-state index contributed by atoms with van der Waals surface area (Å²) in [5.74, 6) is -0.985. The highest BCUT2D eigenvalue weighted by molar-refractivity contribution is 6.64. The van der Waals surface area contributed by atoms with Crippen LogP contribution < -0.4 is 5.46 Å². The predicted octanol–water partition coefficient (Wildman–Crippen LogP) is 2.19. The Hall–Kier alpha value is -1.61. The van der Waals surface area contributed by atoms with Gasteiger partial charge in [-0.1, -0.05) is 0 Å². The molecule has 0 spiro atoms. The normalized spacial score (nSPS) is 19.7. The molecule has 0 aliphatic carbocycles. The van der Waals surface area contributed by atoms with Crippen LogP contribution in [0.2, 0.25) is 0 Å². The number of methoxy groups -OCH3 is 1. The van der Waals surface area contributed by atoms with Gasteiger partial charge >= 0.3 is 19.3 Å². The third-order valence-corrected chi connectivity index (χ3v) is 4.16. The van der Waals surface area contributed by atoms with Gasteiger partial charge < -0.3 is 14.0 Å². The number of ether oxygens (including phenoxy) is 1. The molecular formula is C14H17BF3NO4. The van der Waals surface area contributed by atoms with Crippen LogP contribution in [0.15, 0.2) is 12.3 Å². The standard InChI is InChI=1S/C14H17BF3NO4/c1-12(2)13(3,4)23-15(22-12)9-8(14(16,17)18)6-7-19-10(9)11(20)21-5/h6-7H,1-5H3. The SMILES string of the molecule is COC(=O)c1nccc(C(F)(F)F)c1B1OC(C)(C)C(C)(C)O1. The molecule has 9 heteroatoms. The van der Waals surface area contributed by atoms with Gasteiger partial charge in [0.25, 0.3) is 0 Å². The fraction of sp³-hybridized carbons (Fsp3) is 0.571. The van der Waals surface area contributed by atoms with Crippen LogP contribution in [0.1, 0.15) is 43.7 Å². The van der Waals surface area contributed by atoms with Crippen molar-refractivity contribution < 1.29 is 32.0 Å². The highest BCUT2D eigenvalue weighted by Crippen LogP contribution is 2.38. The molecule has 23 heavy (non-hydrogen) atoms. The van der Waals surface area contributed by atoms with E-state index in [1.54, 1.807) is 27.7 Å². The molecule has 2 rings (SSSR count). The second-order valence-electron chi connectivity index (χ2n) is 6.20. The van der Waals surface area contributed by atoms with Crippen molar-refractivity contribution in [3.63, 3.8) is 0 Å². The van der Waals surface area contributed by atoms with Crippen molar-refractivity contribution in [1.29, 1.82) is 0 Å². The lowest BCUT2D eigenvalue weighted by Crippen LogP contribution is -2.43. The van der Waals surface area contributed by atoms with Crippen molar-refractivity contribution in [2.24, 2.45) is 0 Å². The summed E-state index contributed by atoms with van der Waals surface area (Å²) < 4.78 is 55.9. The van der Waals surface area contributed by atoms with Crippen molar-refractivity contribution >= 4 is 18.6 Å². The van der Waals surface area contributed by atoms with E-state index in [4.69, 9.17) is 9.31 Å². The van der Waals surface area contributed by atoms with Crippen LogP contribution in [0.4, 0.5) is 13.2 Å². The first-order valence-electron chi connectivity index (χ1n) is 6.91. The number of carbonyl (C=O) groups is 1. The van der Waals surface area contributed by atoms with Gasteiger partial charge in [-0.3, -0.25) is 0 Å². The molecule has 1 aliphatic rings. The molecule has 1 fully saturated rings. The Morgan fingerprint density at radius 3 is 2.17 bits per heavy atom. The van der Waals surface area contributed by atoms with E-state index in [0.717, 1.165) is 19.4 Å². The first-order valence-corrected chi connectivity index (χ1v) is 6.91. The Morgan fingerprint density at radius 2 is 1.74 bits per heavy atom. The number of aromatic nitrogens is 1. The largest absolute Gasteiger partial charge is 0.497 e. The highest BCUT2D eigenvalue weighted by Gasteiger charge is 2.55. The van der Waals surface area contributed by atoms with E-state index in [1.165, 1.54) is 0 Å². The molecule has 1 saturated heterocycles. The molecular weight excluding hydrogens is 314 g/mol. The zero-order chi connectivity index (χ0) is 17.6. The molecule has 2 heterocycles. The van der Waals surface area contributed by atoms with Gasteiger partial charge in [-0.25, -0.2) is 9.78 Å². The summed E-state index contributed by atoms with van der Waals surface area (Å²) in [6.45, 7) is 6.81. The van der Waals surface area contributed by atoms with E-state index in [1.807, 2.05) is 0 Å². The van der Waals surface area contributed by atoms with Gasteiger partial charge in [-0.05, 0) is 33.8 Å². The lowest BCUT2D eigenvalue weighted by molar-refractivity contribution is -0.136. The van der Waals surface area contributed by atoms with E-state index >= 15 is 0 Å². The minimum Gasteiger partial charge on any atom is -0.464 e. The third kappa shape index (κ3) is 3.07. The summed E-state index contributed by atoms with van der Waals surface area (Å²) in [5.41, 5.74) is -3.69. The minimum absolute atomic E-state index is 0.467. The zero-order valence-electron chi connectivity index (χ0n) is 13.4. The van der Waals surface area contributed by atoms with Gasteiger partial charge in [0, 0.05) is 11.7 Å². The molecule has 126 valence electrons. The van der Waals surface area contributed by atoms with Gasteiger partial charge in [-0.2, -0.15) is 13.2 Å². The number of rotatable bonds is 2. The summed E-state index contributed by atoms with van der Waals surface area (Å²) in [4.78, 5) is 15.6. The lowest BCUT2D eigenvalue weighted by Gasteiger charge is -2.32. The monoisotopic (exact) mass is 331 g/mol. The molecule has 0 saturated carbocycles. The van der Waals surface area contributed by atoms with Gasteiger partial charge in [0.15, 0.2) is 0 Å². The average Bonchev–Trinajstić information content (AvgIpc) is 2.64. The Morgan fingerprint density at radius 1 is 1.22 bits per heavy atom. The fourth-order valence-electron chi connectivity index (χ4n) is 2.18. The second kappa shape index (κ2) is 5.49. The van der Waals surface area contributed by atoms with Crippen molar-refractivity contribution in [2.45, 2.75) is 45.1 Å². The van der Waals surface area contributed by atoms with E-state index < -0.39 is 47.2 Å².